The molecule has 3 atom stereocenters. The van der Waals surface area contributed by atoms with Gasteiger partial charge in [-0.2, -0.15) is 5.26 Å². The van der Waals surface area contributed by atoms with Gasteiger partial charge in [0.1, 0.15) is 35.6 Å². The maximum Gasteiger partial charge on any atom is 0.328 e. The Balaban J connectivity index is 1.38. The van der Waals surface area contributed by atoms with Crippen LogP contribution in [0.4, 0.5) is 8.78 Å². The van der Waals surface area contributed by atoms with E-state index < -0.39 is 35.2 Å². The number of carbonyl (C=O) groups excluding carboxylic acids is 1. The number of ether oxygens (including phenoxy) is 1. The zero-order chi connectivity index (χ0) is 35.3. The summed E-state index contributed by atoms with van der Waals surface area (Å²) in [5, 5.41) is 28.2. The normalized spacial score (nSPS) is 13.8. The lowest BCUT2D eigenvalue weighted by Gasteiger charge is -2.32. The fraction of sp³-hybridized carbons (Fsp3) is 0.306. The van der Waals surface area contributed by atoms with Crippen molar-refractivity contribution in [2.45, 2.75) is 64.3 Å². The average Bonchev–Trinajstić information content (AvgIpc) is 3.74. The zero-order valence-corrected chi connectivity index (χ0v) is 28.3. The molecule has 5 rings (SSSR count). The van der Waals surface area contributed by atoms with Gasteiger partial charge in [0, 0.05) is 33.6 Å². The lowest BCUT2D eigenvalue weighted by molar-refractivity contribution is -0.689. The molecule has 13 heteroatoms. The number of benzene rings is 3. The lowest BCUT2D eigenvalue weighted by Crippen LogP contribution is -2.39. The first-order valence-corrected chi connectivity index (χ1v) is 16.6. The van der Waals surface area contributed by atoms with E-state index in [1.54, 1.807) is 48.4 Å². The number of hydrogen-bond acceptors (Lipinski definition) is 9. The first-order chi connectivity index (χ1) is 23.4. The van der Waals surface area contributed by atoms with Crippen LogP contribution in [0, 0.1) is 36.8 Å². The van der Waals surface area contributed by atoms with E-state index in [-0.39, 0.29) is 12.1 Å². The van der Waals surface area contributed by atoms with Crippen LogP contribution in [0.2, 0.25) is 0 Å². The zero-order valence-electron chi connectivity index (χ0n) is 27.4. The van der Waals surface area contributed by atoms with Crippen LogP contribution in [0.15, 0.2) is 72.6 Å². The molecular weight excluding hydrogens is 649 g/mol. The van der Waals surface area contributed by atoms with Crippen LogP contribution in [-0.4, -0.2) is 38.4 Å². The van der Waals surface area contributed by atoms with Crippen LogP contribution in [-0.2, 0) is 23.5 Å². The molecule has 2 aromatic heterocycles. The predicted octanol–water partition coefficient (Wildman–Crippen LogP) is 4.77. The highest BCUT2D eigenvalue weighted by atomic mass is 32.1. The first-order valence-electron chi connectivity index (χ1n) is 15.7. The minimum Gasteiger partial charge on any atom is -0.425 e. The minimum absolute atomic E-state index is 0.0855. The summed E-state index contributed by atoms with van der Waals surface area (Å²) >= 11 is 1.31. The smallest absolute Gasteiger partial charge is 0.328 e. The molecule has 0 saturated carbocycles. The van der Waals surface area contributed by atoms with Crippen LogP contribution >= 0.6 is 11.3 Å². The summed E-state index contributed by atoms with van der Waals surface area (Å²) in [5.74, 6) is -2.42. The molecule has 0 saturated heterocycles. The van der Waals surface area contributed by atoms with Crippen molar-refractivity contribution in [1.29, 1.82) is 5.26 Å². The summed E-state index contributed by atoms with van der Waals surface area (Å²) in [6.07, 6.45) is 4.35. The number of nitrogens with two attached hydrogens (primary N) is 2. The van der Waals surface area contributed by atoms with Crippen LogP contribution in [0.5, 0.6) is 5.75 Å². The Labute approximate surface area is 287 Å². The summed E-state index contributed by atoms with van der Waals surface area (Å²) in [6.45, 7) is 6.13. The van der Waals surface area contributed by atoms with Gasteiger partial charge in [-0.05, 0) is 80.3 Å². The molecule has 0 aliphatic rings. The van der Waals surface area contributed by atoms with Crippen LogP contribution in [0.3, 0.4) is 0 Å². The topological polar surface area (TPSA) is 157 Å². The second-order valence-corrected chi connectivity index (χ2v) is 13.1. The molecule has 0 amide bonds. The van der Waals surface area contributed by atoms with Crippen molar-refractivity contribution in [1.82, 2.24) is 14.8 Å². The van der Waals surface area contributed by atoms with Gasteiger partial charge in [-0.15, -0.1) is 16.0 Å². The van der Waals surface area contributed by atoms with Crippen molar-refractivity contribution >= 4 is 17.3 Å². The van der Waals surface area contributed by atoms with Gasteiger partial charge in [0.25, 0.3) is 6.33 Å². The van der Waals surface area contributed by atoms with E-state index in [0.717, 1.165) is 34.4 Å². The van der Waals surface area contributed by atoms with Crippen molar-refractivity contribution in [3.63, 3.8) is 0 Å². The van der Waals surface area contributed by atoms with E-state index in [2.05, 4.69) is 11.2 Å². The monoisotopic (exact) mass is 686 g/mol. The number of esters is 1. The summed E-state index contributed by atoms with van der Waals surface area (Å²) in [7, 11) is 0. The van der Waals surface area contributed by atoms with E-state index >= 15 is 4.39 Å². The molecule has 3 aromatic carbocycles. The number of nitriles is 1. The third kappa shape index (κ3) is 8.06. The van der Waals surface area contributed by atoms with Crippen LogP contribution in [0.1, 0.15) is 58.5 Å². The highest BCUT2D eigenvalue weighted by molar-refractivity contribution is 7.10. The molecule has 0 unspecified atom stereocenters. The van der Waals surface area contributed by atoms with Gasteiger partial charge >= 0.3 is 5.97 Å². The van der Waals surface area contributed by atoms with E-state index in [1.165, 1.54) is 22.1 Å². The molecule has 5 aromatic rings. The second-order valence-electron chi connectivity index (χ2n) is 12.2. The molecule has 10 nitrogen and oxygen atoms in total. The number of halogens is 2. The summed E-state index contributed by atoms with van der Waals surface area (Å²) in [4.78, 5) is 17.2. The predicted molar refractivity (Wildman–Crippen MR) is 180 cm³/mol. The number of nitrogens with zero attached hydrogens (tertiary/aromatic N) is 5. The van der Waals surface area contributed by atoms with Gasteiger partial charge in [0.2, 0.25) is 6.33 Å². The van der Waals surface area contributed by atoms with Crippen LogP contribution in [0.25, 0.3) is 11.3 Å². The molecule has 5 N–H and O–H groups in total. The van der Waals surface area contributed by atoms with Crippen molar-refractivity contribution in [2.24, 2.45) is 11.5 Å². The molecule has 0 spiro atoms. The minimum atomic E-state index is -1.87. The number of aromatic nitrogens is 4. The van der Waals surface area contributed by atoms with Crippen molar-refractivity contribution in [3.8, 4) is 23.1 Å². The highest BCUT2D eigenvalue weighted by Crippen LogP contribution is 2.41. The Kier molecular flexibility index (Phi) is 10.9. The van der Waals surface area contributed by atoms with Crippen molar-refractivity contribution < 1.29 is 28.0 Å². The Morgan fingerprint density at radius 2 is 1.88 bits per heavy atom. The van der Waals surface area contributed by atoms with Gasteiger partial charge in [0.15, 0.2) is 0 Å². The second kappa shape index (κ2) is 15.1. The number of aliphatic hydroxyl groups is 1. The fourth-order valence-corrected chi connectivity index (χ4v) is 6.71. The van der Waals surface area contributed by atoms with Gasteiger partial charge < -0.3 is 21.3 Å². The largest absolute Gasteiger partial charge is 0.425 e. The Morgan fingerprint density at radius 3 is 2.53 bits per heavy atom. The standard InChI is InChI=1S/C36H38F2N7O3S/c1-22-13-26(14-23(2)33(22)48-35(46)31(41)5-4-12-39)17-44-20-42-45(21-44)19-36(47,29-11-10-28(37)15-30(29)38)24(3)34-43-32(18-49-34)27-8-6-25(16-40)7-9-27/h6-11,13-15,18,20-21,24,31,47H,4-5,12,17,19,39,41H2,1-3H3/q+1/t24-,31-,36+/m0/s1. The molecule has 49 heavy (non-hydrogen) atoms. The molecular formula is C36H38F2N7O3S+. The number of carbonyl (C=O) groups is 1. The van der Waals surface area contributed by atoms with E-state index in [0.29, 0.717) is 47.9 Å². The van der Waals surface area contributed by atoms with Crippen molar-refractivity contribution in [3.05, 3.63) is 117 Å². The molecule has 2 heterocycles. The quantitative estimate of drug-likeness (QED) is 0.0909. The molecule has 0 aliphatic heterocycles. The molecule has 0 fully saturated rings. The maximum absolute atomic E-state index is 15.3. The number of aryl methyl sites for hydroxylation is 2. The van der Waals surface area contributed by atoms with Gasteiger partial charge in [0.05, 0.1) is 28.9 Å². The third-order valence-corrected chi connectivity index (χ3v) is 9.49. The molecule has 0 aliphatic carbocycles. The third-order valence-electron chi connectivity index (χ3n) is 8.46. The molecule has 0 bridgehead atoms. The van der Waals surface area contributed by atoms with Gasteiger partial charge in [-0.1, -0.05) is 25.1 Å². The molecule has 254 valence electrons. The summed E-state index contributed by atoms with van der Waals surface area (Å²) in [5.41, 5.74) is 13.9. The van der Waals surface area contributed by atoms with E-state index in [4.69, 9.17) is 26.5 Å². The van der Waals surface area contributed by atoms with Crippen LogP contribution < -0.4 is 20.8 Å². The average molecular weight is 687 g/mol. The van der Waals surface area contributed by atoms with E-state index in [9.17, 15) is 14.3 Å². The first kappa shape index (κ1) is 35.4. The number of thiazole rings is 1. The Morgan fingerprint density at radius 1 is 1.16 bits per heavy atom. The van der Waals surface area contributed by atoms with Crippen molar-refractivity contribution in [2.75, 3.05) is 6.54 Å². The summed E-state index contributed by atoms with van der Waals surface area (Å²) < 4.78 is 38.2. The SMILES string of the molecule is Cc1cc(C[n+]2cnn(C[C@](O)(c3ccc(F)cc3F)[C@@H](C)c3nc(-c4ccc(C#N)cc4)cs3)c2)cc(C)c1OC(=O)[C@@H](N)CCCN. The molecule has 0 radical (unpaired) electrons. The van der Waals surface area contributed by atoms with E-state index in [1.807, 2.05) is 31.4 Å². The maximum atomic E-state index is 15.3. The number of hydrogen-bond donors (Lipinski definition) is 3. The Bertz CT molecular complexity index is 1970. The lowest BCUT2D eigenvalue weighted by atomic mass is 9.82. The number of rotatable bonds is 13. The Hall–Kier alpha value is -4.87. The fourth-order valence-electron chi connectivity index (χ4n) is 5.74. The summed E-state index contributed by atoms with van der Waals surface area (Å²) in [6, 6.07) is 15.2. The highest BCUT2D eigenvalue weighted by Gasteiger charge is 2.43. The van der Waals surface area contributed by atoms with Gasteiger partial charge in [-0.3, -0.25) is 0 Å². The van der Waals surface area contributed by atoms with Gasteiger partial charge in [-0.25, -0.2) is 23.1 Å².